The summed E-state index contributed by atoms with van der Waals surface area (Å²) in [6, 6.07) is 5.30. The largest absolute Gasteiger partial charge is 0.459 e. The molecule has 0 bridgehead atoms. The molecule has 0 unspecified atom stereocenters. The monoisotopic (exact) mass is 307 g/mol. The summed E-state index contributed by atoms with van der Waals surface area (Å²) in [4.78, 5) is 13.8. The molecule has 1 aromatic carbocycles. The molecule has 0 saturated heterocycles. The summed E-state index contributed by atoms with van der Waals surface area (Å²) in [5.74, 6) is -0.283. The lowest BCUT2D eigenvalue weighted by atomic mass is 10.0. The third-order valence-corrected chi connectivity index (χ3v) is 3.22. The van der Waals surface area contributed by atoms with Crippen LogP contribution in [-0.4, -0.2) is 41.5 Å². The van der Waals surface area contributed by atoms with Crippen LogP contribution in [0.3, 0.4) is 0 Å². The summed E-state index contributed by atoms with van der Waals surface area (Å²) >= 11 is 0. The van der Waals surface area contributed by atoms with Gasteiger partial charge in [-0.25, -0.2) is 0 Å². The molecule has 3 N–H and O–H groups in total. The number of benzene rings is 1. The second kappa shape index (κ2) is 7.26. The quantitative estimate of drug-likeness (QED) is 0.287. The van der Waals surface area contributed by atoms with E-state index in [2.05, 4.69) is 5.16 Å². The molecule has 6 nitrogen and oxygen atoms in total. The molecule has 6 heteroatoms. The number of nitrogen functional groups attached to an aromatic ring is 1. The fourth-order valence-corrected chi connectivity index (χ4v) is 2.10. The minimum atomic E-state index is -0.503. The highest BCUT2D eigenvalue weighted by Gasteiger charge is 2.21. The molecular weight excluding hydrogens is 282 g/mol. The maximum Gasteiger partial charge on any atom is 0.320 e. The zero-order valence-corrected chi connectivity index (χ0v) is 13.8. The molecule has 0 aromatic heterocycles. The first kappa shape index (κ1) is 18.0. The molecule has 0 aliphatic carbocycles. The Labute approximate surface area is 131 Å². The van der Waals surface area contributed by atoms with E-state index in [9.17, 15) is 4.79 Å². The van der Waals surface area contributed by atoms with Crippen molar-refractivity contribution in [1.82, 2.24) is 4.90 Å². The van der Waals surface area contributed by atoms with Gasteiger partial charge >= 0.3 is 5.97 Å². The van der Waals surface area contributed by atoms with Crippen LogP contribution in [0.25, 0.3) is 0 Å². The van der Waals surface area contributed by atoms with Crippen molar-refractivity contribution in [2.75, 3.05) is 19.3 Å². The van der Waals surface area contributed by atoms with Crippen molar-refractivity contribution in [2.24, 2.45) is 5.16 Å². The Bertz CT molecular complexity index is 550. The zero-order valence-electron chi connectivity index (χ0n) is 13.8. The molecule has 0 fully saturated rings. The number of rotatable bonds is 5. The highest BCUT2D eigenvalue weighted by Crippen LogP contribution is 2.24. The molecule has 0 aliphatic heterocycles. The van der Waals surface area contributed by atoms with Crippen LogP contribution in [0.15, 0.2) is 23.4 Å². The highest BCUT2D eigenvalue weighted by atomic mass is 16.6. The zero-order chi connectivity index (χ0) is 16.9. The van der Waals surface area contributed by atoms with Crippen LogP contribution in [0, 0.1) is 0 Å². The van der Waals surface area contributed by atoms with Crippen LogP contribution in [0.4, 0.5) is 5.69 Å². The van der Waals surface area contributed by atoms with Gasteiger partial charge in [0.25, 0.3) is 0 Å². The van der Waals surface area contributed by atoms with Crippen LogP contribution in [0.5, 0.6) is 0 Å². The molecule has 122 valence electrons. The third-order valence-electron chi connectivity index (χ3n) is 3.22. The maximum atomic E-state index is 11.9. The number of carbonyl (C=O) groups is 1. The summed E-state index contributed by atoms with van der Waals surface area (Å²) in [7, 11) is 1.84. The van der Waals surface area contributed by atoms with E-state index in [1.54, 1.807) is 12.1 Å². The predicted molar refractivity (Wildman–Crippen MR) is 87.1 cm³/mol. The van der Waals surface area contributed by atoms with Crippen molar-refractivity contribution in [3.8, 4) is 0 Å². The number of esters is 1. The Morgan fingerprint density at radius 2 is 2.14 bits per heavy atom. The number of nitrogens with zero attached hydrogens (tertiary/aromatic N) is 2. The lowest BCUT2D eigenvalue weighted by Gasteiger charge is -2.27. The molecule has 0 aliphatic rings. The SMILES string of the molecule is C[C@H](c1ccc(N)cc1C=NO)N(C)CC(=O)OC(C)(C)C. The van der Waals surface area contributed by atoms with E-state index < -0.39 is 5.60 Å². The Morgan fingerprint density at radius 3 is 2.68 bits per heavy atom. The predicted octanol–water partition coefficient (Wildman–Crippen LogP) is 2.41. The van der Waals surface area contributed by atoms with Crippen molar-refractivity contribution >= 4 is 17.9 Å². The Hall–Kier alpha value is -2.08. The van der Waals surface area contributed by atoms with E-state index in [1.807, 2.05) is 45.7 Å². The molecule has 0 saturated carbocycles. The Kier molecular flexibility index (Phi) is 5.93. The van der Waals surface area contributed by atoms with Crippen molar-refractivity contribution < 1.29 is 14.7 Å². The number of hydrogen-bond donors (Lipinski definition) is 2. The number of likely N-dealkylation sites (N-methyl/N-ethyl adjacent to an activating group) is 1. The summed E-state index contributed by atoms with van der Waals surface area (Å²) < 4.78 is 5.32. The van der Waals surface area contributed by atoms with E-state index in [-0.39, 0.29) is 18.6 Å². The van der Waals surface area contributed by atoms with Crippen LogP contribution < -0.4 is 5.73 Å². The Morgan fingerprint density at radius 1 is 1.50 bits per heavy atom. The van der Waals surface area contributed by atoms with Crippen LogP contribution >= 0.6 is 0 Å². The van der Waals surface area contributed by atoms with Gasteiger partial charge in [-0.15, -0.1) is 0 Å². The van der Waals surface area contributed by atoms with E-state index >= 15 is 0 Å². The van der Waals surface area contributed by atoms with Crippen molar-refractivity contribution in [1.29, 1.82) is 0 Å². The first-order chi connectivity index (χ1) is 10.1. The third kappa shape index (κ3) is 5.37. The number of anilines is 1. The van der Waals surface area contributed by atoms with Gasteiger partial charge in [0.2, 0.25) is 0 Å². The molecule has 0 spiro atoms. The maximum absolute atomic E-state index is 11.9. The van der Waals surface area contributed by atoms with E-state index in [0.717, 1.165) is 5.56 Å². The van der Waals surface area contributed by atoms with Gasteiger partial charge in [0.05, 0.1) is 12.8 Å². The van der Waals surface area contributed by atoms with E-state index in [4.69, 9.17) is 15.7 Å². The van der Waals surface area contributed by atoms with Gasteiger partial charge in [0.15, 0.2) is 0 Å². The minimum Gasteiger partial charge on any atom is -0.459 e. The van der Waals surface area contributed by atoms with Crippen LogP contribution in [0.2, 0.25) is 0 Å². The first-order valence-corrected chi connectivity index (χ1v) is 7.13. The normalized spacial score (nSPS) is 13.5. The number of carbonyl (C=O) groups excluding carboxylic acids is 1. The average Bonchev–Trinajstić information content (AvgIpc) is 2.36. The fourth-order valence-electron chi connectivity index (χ4n) is 2.10. The second-order valence-electron chi connectivity index (χ2n) is 6.31. The smallest absolute Gasteiger partial charge is 0.320 e. The molecule has 1 rings (SSSR count). The molecule has 1 aromatic rings. The number of nitrogens with two attached hydrogens (primary N) is 1. The van der Waals surface area contributed by atoms with Crippen molar-refractivity contribution in [3.63, 3.8) is 0 Å². The number of ether oxygens (including phenoxy) is 1. The summed E-state index contributed by atoms with van der Waals surface area (Å²) in [5, 5.41) is 11.8. The van der Waals surface area contributed by atoms with Crippen molar-refractivity contribution in [2.45, 2.75) is 39.3 Å². The lowest BCUT2D eigenvalue weighted by molar-refractivity contribution is -0.156. The number of hydrogen-bond acceptors (Lipinski definition) is 6. The van der Waals surface area contributed by atoms with Gasteiger partial charge in [0, 0.05) is 17.3 Å². The van der Waals surface area contributed by atoms with Gasteiger partial charge in [-0.2, -0.15) is 0 Å². The van der Waals surface area contributed by atoms with E-state index in [0.29, 0.717) is 11.3 Å². The molecule has 0 heterocycles. The van der Waals surface area contributed by atoms with E-state index in [1.165, 1.54) is 6.21 Å². The standard InChI is InChI=1S/C16H25N3O3/c1-11(19(5)10-15(20)22-16(2,3)4)14-7-6-13(17)8-12(14)9-18-21/h6-9,11,21H,10,17H2,1-5H3/t11-/m1/s1. The first-order valence-electron chi connectivity index (χ1n) is 7.13. The Balaban J connectivity index is 2.87. The van der Waals surface area contributed by atoms with Crippen molar-refractivity contribution in [3.05, 3.63) is 29.3 Å². The van der Waals surface area contributed by atoms with Crippen LogP contribution in [-0.2, 0) is 9.53 Å². The molecule has 0 amide bonds. The van der Waals surface area contributed by atoms with Gasteiger partial charge in [0.1, 0.15) is 5.60 Å². The lowest BCUT2D eigenvalue weighted by Crippen LogP contribution is -2.34. The number of oxime groups is 1. The summed E-state index contributed by atoms with van der Waals surface area (Å²) in [6.07, 6.45) is 1.34. The molecule has 1 atom stereocenters. The van der Waals surface area contributed by atoms with Gasteiger partial charge < -0.3 is 15.7 Å². The highest BCUT2D eigenvalue weighted by molar-refractivity contribution is 5.83. The molecule has 0 radical (unpaired) electrons. The topological polar surface area (TPSA) is 88.2 Å². The second-order valence-corrected chi connectivity index (χ2v) is 6.31. The molecular formula is C16H25N3O3. The fraction of sp³-hybridized carbons (Fsp3) is 0.500. The summed E-state index contributed by atoms with van der Waals surface area (Å²) in [6.45, 7) is 7.64. The molecule has 22 heavy (non-hydrogen) atoms. The van der Waals surface area contributed by atoms with Gasteiger partial charge in [-0.05, 0) is 52.4 Å². The van der Waals surface area contributed by atoms with Gasteiger partial charge in [-0.3, -0.25) is 9.69 Å². The van der Waals surface area contributed by atoms with Gasteiger partial charge in [-0.1, -0.05) is 11.2 Å². The minimum absolute atomic E-state index is 0.0684. The van der Waals surface area contributed by atoms with Crippen LogP contribution in [0.1, 0.15) is 44.9 Å². The summed E-state index contributed by atoms with van der Waals surface area (Å²) in [5.41, 5.74) is 7.46. The average molecular weight is 307 g/mol.